The van der Waals surface area contributed by atoms with Gasteiger partial charge in [-0.1, -0.05) is 13.8 Å². The number of anilines is 1. The highest BCUT2D eigenvalue weighted by atomic mass is 16.5. The number of fused-ring (bicyclic) bond motifs is 1. The van der Waals surface area contributed by atoms with Gasteiger partial charge in [-0.25, -0.2) is 0 Å². The second-order valence-electron chi connectivity index (χ2n) is 8.22. The molecule has 1 aliphatic rings. The van der Waals surface area contributed by atoms with Gasteiger partial charge >= 0.3 is 0 Å². The van der Waals surface area contributed by atoms with Gasteiger partial charge in [-0.05, 0) is 63.3 Å². The van der Waals surface area contributed by atoms with Gasteiger partial charge in [0, 0.05) is 36.8 Å². The lowest BCUT2D eigenvalue weighted by Gasteiger charge is -2.34. The maximum Gasteiger partial charge on any atom is 0.270 e. The van der Waals surface area contributed by atoms with Crippen molar-refractivity contribution in [2.45, 2.75) is 52.6 Å². The van der Waals surface area contributed by atoms with Gasteiger partial charge < -0.3 is 25.0 Å². The van der Waals surface area contributed by atoms with Crippen LogP contribution < -0.4 is 5.32 Å². The van der Waals surface area contributed by atoms with Crippen LogP contribution in [0.4, 0.5) is 5.69 Å². The highest BCUT2D eigenvalue weighted by Gasteiger charge is 2.28. The number of amides is 2. The fourth-order valence-corrected chi connectivity index (χ4v) is 3.87. The van der Waals surface area contributed by atoms with Gasteiger partial charge in [-0.2, -0.15) is 0 Å². The molecule has 7 nitrogen and oxygen atoms in total. The average Bonchev–Trinajstić information content (AvgIpc) is 3.12. The van der Waals surface area contributed by atoms with E-state index in [0.717, 1.165) is 30.2 Å². The second kappa shape index (κ2) is 10.6. The van der Waals surface area contributed by atoms with Crippen LogP contribution in [0.3, 0.4) is 0 Å². The summed E-state index contributed by atoms with van der Waals surface area (Å²) in [6.07, 6.45) is 2.58. The number of hydrogen-bond acceptors (Lipinski definition) is 4. The number of aromatic nitrogens is 1. The summed E-state index contributed by atoms with van der Waals surface area (Å²) in [5.74, 6) is 0.218. The SMILES string of the molecule is CC.COCC(=O)Nc1ccc2[nH]c(C(=O)N3CCC(CC(C)(C)O)CC3)cc2c1. The summed E-state index contributed by atoms with van der Waals surface area (Å²) in [6.45, 7) is 9.07. The van der Waals surface area contributed by atoms with Gasteiger partial charge in [0.05, 0.1) is 5.60 Å². The molecule has 2 amide bonds. The molecule has 30 heavy (non-hydrogen) atoms. The number of hydrogen-bond donors (Lipinski definition) is 3. The number of aliphatic hydroxyl groups is 1. The van der Waals surface area contributed by atoms with Gasteiger partial charge in [0.15, 0.2) is 0 Å². The first kappa shape index (κ1) is 23.9. The number of rotatable bonds is 6. The minimum absolute atomic E-state index is 0.00166. The second-order valence-corrected chi connectivity index (χ2v) is 8.22. The molecule has 7 heteroatoms. The number of aromatic amines is 1. The van der Waals surface area contributed by atoms with Gasteiger partial charge in [-0.3, -0.25) is 9.59 Å². The quantitative estimate of drug-likeness (QED) is 0.666. The third-order valence-electron chi connectivity index (χ3n) is 5.10. The number of carbonyl (C=O) groups excluding carboxylic acids is 2. The molecule has 0 atom stereocenters. The van der Waals surface area contributed by atoms with E-state index in [1.54, 1.807) is 6.07 Å². The molecule has 0 radical (unpaired) electrons. The normalized spacial score (nSPS) is 14.9. The molecule has 0 aliphatic carbocycles. The average molecular weight is 418 g/mol. The Bertz CT molecular complexity index is 846. The number of nitrogens with one attached hydrogen (secondary N) is 2. The standard InChI is InChI=1S/C21H29N3O4.C2H6/c1-21(2,27)12-14-6-8-24(9-7-14)20(26)18-11-15-10-16(4-5-17(15)23-18)22-19(25)13-28-3;1-2/h4-5,10-11,14,23,27H,6-9,12-13H2,1-3H3,(H,22,25);1-2H3. The van der Waals surface area contributed by atoms with Crippen LogP contribution >= 0.6 is 0 Å². The van der Waals surface area contributed by atoms with Crippen LogP contribution in [0.15, 0.2) is 24.3 Å². The summed E-state index contributed by atoms with van der Waals surface area (Å²) < 4.78 is 4.82. The Balaban J connectivity index is 0.00000155. The van der Waals surface area contributed by atoms with Gasteiger partial charge in [0.25, 0.3) is 5.91 Å². The molecule has 1 fully saturated rings. The Kier molecular flexibility index (Phi) is 8.43. The highest BCUT2D eigenvalue weighted by Crippen LogP contribution is 2.27. The van der Waals surface area contributed by atoms with Gasteiger partial charge in [0.1, 0.15) is 12.3 Å². The third-order valence-corrected chi connectivity index (χ3v) is 5.10. The van der Waals surface area contributed by atoms with Crippen molar-refractivity contribution in [1.29, 1.82) is 0 Å². The molecule has 1 aliphatic heterocycles. The van der Waals surface area contributed by atoms with Crippen molar-refractivity contribution in [2.75, 3.05) is 32.1 Å². The summed E-state index contributed by atoms with van der Waals surface area (Å²) in [4.78, 5) is 29.6. The van der Waals surface area contributed by atoms with E-state index in [1.165, 1.54) is 7.11 Å². The van der Waals surface area contributed by atoms with E-state index in [-0.39, 0.29) is 18.4 Å². The fourth-order valence-electron chi connectivity index (χ4n) is 3.87. The first-order chi connectivity index (χ1) is 14.2. The minimum atomic E-state index is -0.662. The molecule has 1 aromatic carbocycles. The monoisotopic (exact) mass is 417 g/mol. The van der Waals surface area contributed by atoms with Crippen molar-refractivity contribution < 1.29 is 19.4 Å². The maximum absolute atomic E-state index is 12.9. The van der Waals surface area contributed by atoms with Crippen molar-refractivity contribution in [3.05, 3.63) is 30.0 Å². The van der Waals surface area contributed by atoms with Crippen LogP contribution in [0.25, 0.3) is 10.9 Å². The van der Waals surface area contributed by atoms with Crippen molar-refractivity contribution in [2.24, 2.45) is 5.92 Å². The number of benzene rings is 1. The molecule has 1 saturated heterocycles. The Morgan fingerprint density at radius 1 is 1.23 bits per heavy atom. The highest BCUT2D eigenvalue weighted by molar-refractivity contribution is 6.00. The fraction of sp³-hybridized carbons (Fsp3) is 0.565. The largest absolute Gasteiger partial charge is 0.390 e. The van der Waals surface area contributed by atoms with Crippen LogP contribution in [-0.4, -0.2) is 59.2 Å². The van der Waals surface area contributed by atoms with E-state index in [9.17, 15) is 14.7 Å². The zero-order valence-corrected chi connectivity index (χ0v) is 18.7. The molecule has 2 heterocycles. The summed E-state index contributed by atoms with van der Waals surface area (Å²) in [7, 11) is 1.47. The number of methoxy groups -OCH3 is 1. The molecule has 3 rings (SSSR count). The Morgan fingerprint density at radius 3 is 2.50 bits per heavy atom. The molecule has 3 N–H and O–H groups in total. The number of ether oxygens (including phenoxy) is 1. The first-order valence-electron chi connectivity index (χ1n) is 10.7. The summed E-state index contributed by atoms with van der Waals surface area (Å²) in [5.41, 5.74) is 1.41. The van der Waals surface area contributed by atoms with Crippen molar-refractivity contribution >= 4 is 28.4 Å². The number of H-pyrrole nitrogens is 1. The zero-order valence-electron chi connectivity index (χ0n) is 18.7. The molecule has 0 saturated carbocycles. The van der Waals surface area contributed by atoms with Gasteiger partial charge in [-0.15, -0.1) is 0 Å². The van der Waals surface area contributed by atoms with E-state index in [0.29, 0.717) is 30.4 Å². The van der Waals surface area contributed by atoms with Crippen LogP contribution in [-0.2, 0) is 9.53 Å². The molecule has 166 valence electrons. The zero-order chi connectivity index (χ0) is 22.3. The van der Waals surface area contributed by atoms with Crippen LogP contribution in [0, 0.1) is 5.92 Å². The molecular formula is C23H35N3O4. The Morgan fingerprint density at radius 2 is 1.90 bits per heavy atom. The molecule has 0 spiro atoms. The lowest BCUT2D eigenvalue weighted by atomic mass is 9.86. The summed E-state index contributed by atoms with van der Waals surface area (Å²) in [5, 5.41) is 13.6. The topological polar surface area (TPSA) is 94.7 Å². The minimum Gasteiger partial charge on any atom is -0.390 e. The number of piperidine rings is 1. The van der Waals surface area contributed by atoms with E-state index in [2.05, 4.69) is 10.3 Å². The molecule has 0 unspecified atom stereocenters. The molecule has 1 aromatic heterocycles. The summed E-state index contributed by atoms with van der Waals surface area (Å²) >= 11 is 0. The van der Waals surface area contributed by atoms with E-state index in [4.69, 9.17) is 4.74 Å². The molecule has 2 aromatic rings. The predicted molar refractivity (Wildman–Crippen MR) is 120 cm³/mol. The van der Waals surface area contributed by atoms with Crippen LogP contribution in [0.5, 0.6) is 0 Å². The van der Waals surface area contributed by atoms with Crippen LogP contribution in [0.2, 0.25) is 0 Å². The van der Waals surface area contributed by atoms with E-state index in [1.807, 2.05) is 50.8 Å². The van der Waals surface area contributed by atoms with Crippen molar-refractivity contribution in [3.8, 4) is 0 Å². The van der Waals surface area contributed by atoms with Crippen LogP contribution in [0.1, 0.15) is 57.4 Å². The smallest absolute Gasteiger partial charge is 0.270 e. The Hall–Kier alpha value is -2.38. The summed E-state index contributed by atoms with van der Waals surface area (Å²) in [6, 6.07) is 7.31. The van der Waals surface area contributed by atoms with E-state index < -0.39 is 5.60 Å². The number of nitrogens with zero attached hydrogens (tertiary/aromatic N) is 1. The lowest BCUT2D eigenvalue weighted by molar-refractivity contribution is -0.119. The molecular weight excluding hydrogens is 382 g/mol. The van der Waals surface area contributed by atoms with Crippen molar-refractivity contribution in [1.82, 2.24) is 9.88 Å². The third kappa shape index (κ3) is 6.57. The first-order valence-corrected chi connectivity index (χ1v) is 10.7. The van der Waals surface area contributed by atoms with Gasteiger partial charge in [0.2, 0.25) is 5.91 Å². The maximum atomic E-state index is 12.9. The number of likely N-dealkylation sites (tertiary alicyclic amines) is 1. The molecule has 0 bridgehead atoms. The van der Waals surface area contributed by atoms with E-state index >= 15 is 0 Å². The number of carbonyl (C=O) groups is 2. The van der Waals surface area contributed by atoms with Crippen molar-refractivity contribution in [3.63, 3.8) is 0 Å². The predicted octanol–water partition coefficient (Wildman–Crippen LogP) is 3.79. The lowest BCUT2D eigenvalue weighted by Crippen LogP contribution is -2.40. The Labute approximate surface area is 178 Å².